The molecule has 33 heavy (non-hydrogen) atoms. The van der Waals surface area contributed by atoms with Crippen molar-refractivity contribution in [1.82, 2.24) is 19.8 Å². The Hall–Kier alpha value is -2.57. The van der Waals surface area contributed by atoms with Crippen LogP contribution in [0.25, 0.3) is 10.9 Å². The maximum Gasteiger partial charge on any atom is 0.255 e. The molecule has 0 saturated heterocycles. The molecule has 0 aliphatic heterocycles. The average Bonchev–Trinajstić information content (AvgIpc) is 3.00. The van der Waals surface area contributed by atoms with Gasteiger partial charge in [-0.25, -0.2) is 0 Å². The van der Waals surface area contributed by atoms with Gasteiger partial charge < -0.3 is 19.8 Å². The van der Waals surface area contributed by atoms with Crippen LogP contribution in [-0.2, 0) is 19.5 Å². The summed E-state index contributed by atoms with van der Waals surface area (Å²) in [6.45, 7) is 11.0. The van der Waals surface area contributed by atoms with Gasteiger partial charge in [0.05, 0.1) is 12.1 Å². The summed E-state index contributed by atoms with van der Waals surface area (Å²) in [7, 11) is 4.02. The first-order valence-electron chi connectivity index (χ1n) is 11.5. The fraction of sp³-hybridized carbons (Fsp3) is 0.462. The number of rotatable bonds is 8. The molecule has 0 aliphatic rings. The van der Waals surface area contributed by atoms with Crippen molar-refractivity contribution in [3.05, 3.63) is 67.2 Å². The molecular weight excluding hydrogens is 436 g/mol. The third-order valence-corrected chi connectivity index (χ3v) is 6.23. The summed E-state index contributed by atoms with van der Waals surface area (Å²) in [5, 5.41) is 1.39. The molecule has 0 atom stereocenters. The Kier molecular flexibility index (Phi) is 7.70. The van der Waals surface area contributed by atoms with Crippen LogP contribution in [0.1, 0.15) is 65.6 Å². The van der Waals surface area contributed by atoms with Gasteiger partial charge >= 0.3 is 0 Å². The zero-order chi connectivity index (χ0) is 24.4. The predicted molar refractivity (Wildman–Crippen MR) is 136 cm³/mol. The number of amides is 1. The Morgan fingerprint density at radius 3 is 2.39 bits per heavy atom. The minimum atomic E-state index is -0.126. The summed E-state index contributed by atoms with van der Waals surface area (Å²) in [5.74, 6) is -0.126. The molecule has 1 amide bonds. The number of carbonyl (C=O) groups excluding carboxylic acids is 1. The van der Waals surface area contributed by atoms with Crippen molar-refractivity contribution in [2.45, 2.75) is 66.6 Å². The van der Waals surface area contributed by atoms with E-state index in [1.165, 1.54) is 0 Å². The van der Waals surface area contributed by atoms with Crippen LogP contribution in [0.2, 0.25) is 5.02 Å². The Labute approximate surface area is 200 Å². The first-order chi connectivity index (χ1) is 15.5. The zero-order valence-electron chi connectivity index (χ0n) is 20.7. The molecule has 178 valence electrons. The first-order valence-corrected chi connectivity index (χ1v) is 11.9. The lowest BCUT2D eigenvalue weighted by Crippen LogP contribution is -2.38. The lowest BCUT2D eigenvalue weighted by molar-refractivity contribution is 0.0691. The molecular formula is C26H35ClN4O2. The molecule has 0 fully saturated rings. The third kappa shape index (κ3) is 5.33. The smallest absolute Gasteiger partial charge is 0.255 e. The number of nitrogens with one attached hydrogen (secondary N) is 2. The molecule has 7 heteroatoms. The van der Waals surface area contributed by atoms with Gasteiger partial charge in [-0.05, 0) is 77.5 Å². The fourth-order valence-electron chi connectivity index (χ4n) is 4.42. The molecule has 0 bridgehead atoms. The number of aromatic nitrogens is 2. The van der Waals surface area contributed by atoms with Crippen LogP contribution in [-0.4, -0.2) is 45.8 Å². The van der Waals surface area contributed by atoms with E-state index in [4.69, 9.17) is 11.6 Å². The van der Waals surface area contributed by atoms with E-state index < -0.39 is 0 Å². The highest BCUT2D eigenvalue weighted by atomic mass is 35.5. The van der Waals surface area contributed by atoms with Gasteiger partial charge in [0.2, 0.25) is 0 Å². The number of aromatic amines is 2. The van der Waals surface area contributed by atoms with Crippen LogP contribution in [0.4, 0.5) is 0 Å². The Balaban J connectivity index is 2.11. The van der Waals surface area contributed by atoms with E-state index >= 15 is 0 Å². The molecule has 0 radical (unpaired) electrons. The molecule has 6 nitrogen and oxygen atoms in total. The van der Waals surface area contributed by atoms with Gasteiger partial charge in [0.25, 0.3) is 11.5 Å². The minimum Gasteiger partial charge on any atom is -0.357 e. The van der Waals surface area contributed by atoms with Gasteiger partial charge in [-0.15, -0.1) is 0 Å². The Bertz CT molecular complexity index is 1220. The van der Waals surface area contributed by atoms with Gasteiger partial charge in [0.1, 0.15) is 0 Å². The van der Waals surface area contributed by atoms with Crippen LogP contribution in [0.3, 0.4) is 0 Å². The van der Waals surface area contributed by atoms with Gasteiger partial charge in [-0.2, -0.15) is 0 Å². The van der Waals surface area contributed by atoms with Gasteiger partial charge in [-0.3, -0.25) is 9.59 Å². The quantitative estimate of drug-likeness (QED) is 0.475. The van der Waals surface area contributed by atoms with E-state index in [2.05, 4.69) is 21.8 Å². The summed E-state index contributed by atoms with van der Waals surface area (Å²) in [6.07, 6.45) is 1.73. The maximum atomic E-state index is 13.9. The number of aryl methyl sites for hydroxylation is 3. The van der Waals surface area contributed by atoms with Gasteiger partial charge in [-0.1, -0.05) is 24.9 Å². The predicted octanol–water partition coefficient (Wildman–Crippen LogP) is 5.19. The summed E-state index contributed by atoms with van der Waals surface area (Å²) in [6, 6.07) is 5.53. The van der Waals surface area contributed by atoms with E-state index in [1.807, 2.05) is 53.9 Å². The topological polar surface area (TPSA) is 72.2 Å². The zero-order valence-corrected chi connectivity index (χ0v) is 21.5. The van der Waals surface area contributed by atoms with Crippen molar-refractivity contribution < 1.29 is 4.79 Å². The van der Waals surface area contributed by atoms with Crippen molar-refractivity contribution in [2.24, 2.45) is 0 Å². The molecule has 2 heterocycles. The third-order valence-electron chi connectivity index (χ3n) is 6.02. The van der Waals surface area contributed by atoms with E-state index in [9.17, 15) is 9.59 Å². The lowest BCUT2D eigenvalue weighted by atomic mass is 10.0. The number of hydrogen-bond acceptors (Lipinski definition) is 3. The molecule has 3 aromatic rings. The van der Waals surface area contributed by atoms with Gasteiger partial charge in [0, 0.05) is 45.5 Å². The molecule has 0 aliphatic carbocycles. The second-order valence-electron chi connectivity index (χ2n) is 9.40. The number of pyridine rings is 1. The number of fused-ring (bicyclic) bond motifs is 1. The number of halogens is 1. The van der Waals surface area contributed by atoms with E-state index in [0.717, 1.165) is 52.8 Å². The normalized spacial score (nSPS) is 11.7. The fourth-order valence-corrected chi connectivity index (χ4v) is 4.64. The largest absolute Gasteiger partial charge is 0.357 e. The van der Waals surface area contributed by atoms with Gasteiger partial charge in [0.15, 0.2) is 0 Å². The average molecular weight is 471 g/mol. The summed E-state index contributed by atoms with van der Waals surface area (Å²) < 4.78 is 0. The highest BCUT2D eigenvalue weighted by Gasteiger charge is 2.26. The van der Waals surface area contributed by atoms with Crippen LogP contribution >= 0.6 is 11.6 Å². The maximum absolute atomic E-state index is 13.9. The molecule has 0 saturated carbocycles. The second-order valence-corrected chi connectivity index (χ2v) is 9.84. The Morgan fingerprint density at radius 2 is 1.79 bits per heavy atom. The number of hydrogen-bond donors (Lipinski definition) is 2. The van der Waals surface area contributed by atoms with Crippen LogP contribution in [0.5, 0.6) is 0 Å². The van der Waals surface area contributed by atoms with Crippen molar-refractivity contribution in [1.29, 1.82) is 0 Å². The monoisotopic (exact) mass is 470 g/mol. The van der Waals surface area contributed by atoms with Crippen molar-refractivity contribution in [2.75, 3.05) is 14.1 Å². The number of carbonyl (C=O) groups is 1. The number of nitrogens with zero attached hydrogens (tertiary/aromatic N) is 2. The number of H-pyrrole nitrogens is 2. The summed E-state index contributed by atoms with van der Waals surface area (Å²) in [5.41, 5.74) is 5.88. The van der Waals surface area contributed by atoms with Crippen molar-refractivity contribution in [3.63, 3.8) is 0 Å². The van der Waals surface area contributed by atoms with Crippen molar-refractivity contribution in [3.8, 4) is 0 Å². The van der Waals surface area contributed by atoms with E-state index in [0.29, 0.717) is 16.1 Å². The standard InChI is InChI=1S/C26H35ClN4O2/c1-8-9-18-10-16(4)28-25(32)21(18)13-31(15(2)3)26(33)20-11-19(27)12-22-24(20)17(5)23(29-22)14-30(6)7/h10-12,15,29H,8-9,13-14H2,1-7H3,(H,28,32). The van der Waals surface area contributed by atoms with Crippen LogP contribution in [0.15, 0.2) is 23.0 Å². The highest BCUT2D eigenvalue weighted by Crippen LogP contribution is 2.31. The first kappa shape index (κ1) is 25.1. The SMILES string of the molecule is CCCc1cc(C)[nH]c(=O)c1CN(C(=O)c1cc(Cl)cc2[nH]c(CN(C)C)c(C)c12)C(C)C. The highest BCUT2D eigenvalue weighted by molar-refractivity contribution is 6.32. The van der Waals surface area contributed by atoms with Crippen LogP contribution in [0, 0.1) is 13.8 Å². The molecule has 1 aromatic carbocycles. The lowest BCUT2D eigenvalue weighted by Gasteiger charge is -2.28. The Morgan fingerprint density at radius 1 is 1.09 bits per heavy atom. The summed E-state index contributed by atoms with van der Waals surface area (Å²) >= 11 is 6.43. The van der Waals surface area contributed by atoms with Crippen LogP contribution < -0.4 is 5.56 Å². The minimum absolute atomic E-state index is 0.0952. The van der Waals surface area contributed by atoms with Crippen molar-refractivity contribution >= 4 is 28.4 Å². The molecule has 2 N–H and O–H groups in total. The van der Waals surface area contributed by atoms with E-state index in [1.54, 1.807) is 11.0 Å². The molecule has 2 aromatic heterocycles. The number of benzene rings is 1. The second kappa shape index (κ2) is 10.1. The molecule has 0 unspecified atom stereocenters. The van der Waals surface area contributed by atoms with E-state index in [-0.39, 0.29) is 24.1 Å². The molecule has 3 rings (SSSR count). The summed E-state index contributed by atoms with van der Waals surface area (Å²) in [4.78, 5) is 37.0. The molecule has 0 spiro atoms.